The number of phosphoric ester groups is 3. The average Bonchev–Trinajstić information content (AvgIpc) is 3.70. The number of nitrogens with zero attached hydrogens (tertiary/aromatic N) is 4. The summed E-state index contributed by atoms with van der Waals surface area (Å²) in [5.74, 6) is -0.457. The van der Waals surface area contributed by atoms with Gasteiger partial charge in [-0.1, -0.05) is 65.1 Å². The minimum Gasteiger partial charge on any atom is -0.386 e. The number of thioether (sulfide) groups is 1. The lowest BCUT2D eigenvalue weighted by Gasteiger charge is -2.30. The fourth-order valence-electron chi connectivity index (χ4n) is 5.66. The predicted octanol–water partition coefficient (Wildman–Crippen LogP) is 1.66. The quantitative estimate of drug-likeness (QED) is 0.0478. The minimum absolute atomic E-state index is 0.0325. The molecule has 59 heavy (non-hydrogen) atoms. The molecule has 0 aliphatic carbocycles. The van der Waals surface area contributed by atoms with E-state index in [1.165, 1.54) is 20.3 Å². The van der Waals surface area contributed by atoms with Crippen molar-refractivity contribution >= 4 is 69.1 Å². The number of carbonyl (C=O) groups is 3. The molecular formula is C31H54N7O17P3S. The largest absolute Gasteiger partial charge is 0.481 e. The number of aliphatic hydroxyl groups is 2. The van der Waals surface area contributed by atoms with Crippen molar-refractivity contribution in [2.75, 3.05) is 37.8 Å². The van der Waals surface area contributed by atoms with E-state index in [-0.39, 0.29) is 41.6 Å². The molecule has 10 N–H and O–H groups in total. The van der Waals surface area contributed by atoms with Crippen molar-refractivity contribution in [2.45, 2.75) is 103 Å². The highest BCUT2D eigenvalue weighted by Gasteiger charge is 2.50. The third kappa shape index (κ3) is 16.7. The van der Waals surface area contributed by atoms with E-state index in [9.17, 15) is 57.9 Å². The monoisotopic (exact) mass is 921 g/mol. The Morgan fingerprint density at radius 1 is 1.02 bits per heavy atom. The topological polar surface area (TPSA) is 364 Å². The van der Waals surface area contributed by atoms with Crippen LogP contribution in [-0.2, 0) is 50.7 Å². The Kier molecular flexibility index (Phi) is 19.5. The number of amides is 2. The average molecular weight is 922 g/mol. The van der Waals surface area contributed by atoms with Crippen LogP contribution in [0.2, 0.25) is 0 Å². The number of nitrogens with one attached hydrogen (secondary N) is 2. The molecule has 2 aromatic heterocycles. The van der Waals surface area contributed by atoms with Gasteiger partial charge >= 0.3 is 23.5 Å². The van der Waals surface area contributed by atoms with Crippen LogP contribution in [-0.4, -0.2) is 123 Å². The smallest absolute Gasteiger partial charge is 0.386 e. The first-order valence-electron chi connectivity index (χ1n) is 18.5. The highest BCUT2D eigenvalue weighted by atomic mass is 32.2. The van der Waals surface area contributed by atoms with Crippen LogP contribution in [0.15, 0.2) is 12.7 Å². The van der Waals surface area contributed by atoms with Crippen LogP contribution < -0.4 is 16.4 Å². The van der Waals surface area contributed by atoms with Gasteiger partial charge in [0.1, 0.15) is 36.3 Å². The molecule has 2 amide bonds. The first kappa shape index (κ1) is 50.9. The second kappa shape index (κ2) is 22.6. The summed E-state index contributed by atoms with van der Waals surface area (Å²) in [5, 5.41) is 26.5. The first-order chi connectivity index (χ1) is 27.4. The second-order valence-electron chi connectivity index (χ2n) is 14.4. The number of phosphoric acid groups is 3. The summed E-state index contributed by atoms with van der Waals surface area (Å²) >= 11 is 1.14. The Bertz CT molecular complexity index is 1870. The predicted molar refractivity (Wildman–Crippen MR) is 210 cm³/mol. The van der Waals surface area contributed by atoms with E-state index in [2.05, 4.69) is 48.3 Å². The van der Waals surface area contributed by atoms with Gasteiger partial charge < -0.3 is 50.9 Å². The molecular weight excluding hydrogens is 867 g/mol. The van der Waals surface area contributed by atoms with Crippen LogP contribution in [0, 0.1) is 11.3 Å². The number of ether oxygens (including phenoxy) is 1. The van der Waals surface area contributed by atoms with Gasteiger partial charge in [0.25, 0.3) is 0 Å². The van der Waals surface area contributed by atoms with Crippen molar-refractivity contribution in [2.24, 2.45) is 11.3 Å². The van der Waals surface area contributed by atoms with Gasteiger partial charge in [0.05, 0.1) is 19.5 Å². The van der Waals surface area contributed by atoms with Crippen LogP contribution in [0.1, 0.15) is 78.9 Å². The third-order valence-corrected chi connectivity index (χ3v) is 12.9. The third-order valence-electron chi connectivity index (χ3n) is 8.89. The fourth-order valence-corrected chi connectivity index (χ4v) is 9.21. The number of unbranched alkanes of at least 4 members (excludes halogenated alkanes) is 1. The first-order valence-corrected chi connectivity index (χ1v) is 24.0. The molecule has 0 aromatic carbocycles. The maximum atomic E-state index is 12.7. The molecule has 2 aromatic rings. The normalized spacial score (nSPS) is 21.7. The number of aliphatic hydroxyl groups excluding tert-OH is 2. The SMILES string of the molecule is CCCCC(C)CCCC(=O)SCCNC(=O)CCNC(=O)C(O)C(C)(C)COP(=O)(O)OP(=O)(O)OCC1OC(n2cnc3c(N)ncnc32)C(O)C1OP(=O)(O)O. The van der Waals surface area contributed by atoms with Gasteiger partial charge in [-0.15, -0.1) is 0 Å². The summed E-state index contributed by atoms with van der Waals surface area (Å²) < 4.78 is 62.2. The molecule has 0 saturated carbocycles. The number of hydrogen-bond donors (Lipinski definition) is 9. The Labute approximate surface area is 344 Å². The van der Waals surface area contributed by atoms with Gasteiger partial charge in [-0.2, -0.15) is 4.31 Å². The number of rotatable bonds is 26. The van der Waals surface area contributed by atoms with E-state index in [0.29, 0.717) is 18.1 Å². The molecule has 3 rings (SSSR count). The summed E-state index contributed by atoms with van der Waals surface area (Å²) in [7, 11) is -16.4. The number of imidazole rings is 1. The van der Waals surface area contributed by atoms with Crippen molar-refractivity contribution < 1.29 is 80.5 Å². The Balaban J connectivity index is 1.43. The Hall–Kier alpha value is -2.44. The number of carbonyl (C=O) groups excluding carboxylic acids is 3. The summed E-state index contributed by atoms with van der Waals surface area (Å²) in [6.45, 7) is 4.89. The molecule has 0 spiro atoms. The number of nitrogen functional groups attached to an aromatic ring is 1. The van der Waals surface area contributed by atoms with Gasteiger partial charge in [-0.05, 0) is 12.3 Å². The highest BCUT2D eigenvalue weighted by Crippen LogP contribution is 2.61. The van der Waals surface area contributed by atoms with Crippen molar-refractivity contribution in [3.8, 4) is 0 Å². The van der Waals surface area contributed by atoms with E-state index < -0.39 is 84.6 Å². The van der Waals surface area contributed by atoms with Crippen LogP contribution in [0.4, 0.5) is 5.82 Å². The molecule has 8 atom stereocenters. The zero-order valence-electron chi connectivity index (χ0n) is 32.9. The van der Waals surface area contributed by atoms with Crippen molar-refractivity contribution in [1.29, 1.82) is 0 Å². The maximum absolute atomic E-state index is 12.7. The molecule has 336 valence electrons. The van der Waals surface area contributed by atoms with Crippen molar-refractivity contribution in [3.63, 3.8) is 0 Å². The van der Waals surface area contributed by atoms with E-state index in [1.807, 2.05) is 0 Å². The van der Waals surface area contributed by atoms with E-state index >= 15 is 0 Å². The van der Waals surface area contributed by atoms with Crippen molar-refractivity contribution in [3.05, 3.63) is 12.7 Å². The lowest BCUT2D eigenvalue weighted by atomic mass is 9.87. The number of aromatic nitrogens is 4. The molecule has 24 nitrogen and oxygen atoms in total. The summed E-state index contributed by atoms with van der Waals surface area (Å²) in [6, 6.07) is 0. The molecule has 1 aliphatic heterocycles. The van der Waals surface area contributed by atoms with Gasteiger partial charge in [0.2, 0.25) is 11.8 Å². The van der Waals surface area contributed by atoms with Gasteiger partial charge in [-0.3, -0.25) is 32.5 Å². The second-order valence-corrected chi connectivity index (χ2v) is 19.8. The summed E-state index contributed by atoms with van der Waals surface area (Å²) in [5.41, 5.74) is 4.28. The van der Waals surface area contributed by atoms with Crippen LogP contribution >= 0.6 is 35.2 Å². The number of nitrogens with two attached hydrogens (primary N) is 1. The van der Waals surface area contributed by atoms with Gasteiger partial charge in [0, 0.05) is 37.1 Å². The van der Waals surface area contributed by atoms with Crippen LogP contribution in [0.3, 0.4) is 0 Å². The van der Waals surface area contributed by atoms with Gasteiger partial charge in [0.15, 0.2) is 22.8 Å². The van der Waals surface area contributed by atoms with E-state index in [0.717, 1.165) is 54.7 Å². The standard InChI is InChI=1S/C31H54N7O17P3S/c1-5-6-8-19(2)9-7-10-22(40)59-14-13-33-21(39)11-12-34-29(43)26(42)31(3,4)16-52-58(49,50)55-57(47,48)51-15-20-25(54-56(44,45)46)24(41)30(53-20)38-18-37-23-27(32)35-17-36-28(23)38/h17-20,24-26,30,41-42H,5-16H2,1-4H3,(H,33,39)(H,34,43)(H,47,48)(H,49,50)(H2,32,35,36)(H2,44,45,46). The molecule has 28 heteroatoms. The van der Waals surface area contributed by atoms with Crippen molar-refractivity contribution in [1.82, 2.24) is 30.2 Å². The minimum atomic E-state index is -5.57. The summed E-state index contributed by atoms with van der Waals surface area (Å²) in [6.07, 6.45) is -1.13. The molecule has 1 aliphatic rings. The van der Waals surface area contributed by atoms with E-state index in [4.69, 9.17) is 19.5 Å². The fraction of sp³-hybridized carbons (Fsp3) is 0.742. The molecule has 3 heterocycles. The number of anilines is 1. The van der Waals surface area contributed by atoms with Gasteiger partial charge in [-0.25, -0.2) is 28.6 Å². The number of hydrogen-bond acceptors (Lipinski definition) is 18. The Morgan fingerprint density at radius 3 is 2.37 bits per heavy atom. The summed E-state index contributed by atoms with van der Waals surface area (Å²) in [4.78, 5) is 87.9. The molecule has 0 radical (unpaired) electrons. The lowest BCUT2D eigenvalue weighted by Crippen LogP contribution is -2.46. The highest BCUT2D eigenvalue weighted by molar-refractivity contribution is 8.13. The molecule has 0 bridgehead atoms. The molecule has 1 saturated heterocycles. The maximum Gasteiger partial charge on any atom is 0.481 e. The molecule has 1 fully saturated rings. The zero-order chi connectivity index (χ0) is 44.2. The van der Waals surface area contributed by atoms with Crippen LogP contribution in [0.5, 0.6) is 0 Å². The van der Waals surface area contributed by atoms with Crippen LogP contribution in [0.25, 0.3) is 11.2 Å². The Morgan fingerprint density at radius 2 is 1.69 bits per heavy atom. The molecule has 8 unspecified atom stereocenters. The number of fused-ring (bicyclic) bond motifs is 1. The van der Waals surface area contributed by atoms with E-state index in [1.54, 1.807) is 0 Å². The zero-order valence-corrected chi connectivity index (χ0v) is 36.4. The lowest BCUT2D eigenvalue weighted by molar-refractivity contribution is -0.137.